The molecule has 0 aromatic carbocycles. The molecule has 0 N–H and O–H groups in total. The van der Waals surface area contributed by atoms with Crippen LogP contribution in [0.2, 0.25) is 0 Å². The fourth-order valence-corrected chi connectivity index (χ4v) is 2.29. The predicted octanol–water partition coefficient (Wildman–Crippen LogP) is 3.24. The van der Waals surface area contributed by atoms with Crippen molar-refractivity contribution in [1.82, 2.24) is 4.98 Å². The summed E-state index contributed by atoms with van der Waals surface area (Å²) in [6, 6.07) is 1.17. The molecule has 17 heavy (non-hydrogen) atoms. The van der Waals surface area contributed by atoms with E-state index < -0.39 is 12.4 Å². The molecule has 0 bridgehead atoms. The molecule has 1 aromatic heterocycles. The molecule has 3 nitrogen and oxygen atoms in total. The molecule has 0 saturated heterocycles. The molecule has 0 aliphatic rings. The topological polar surface area (TPSA) is 39.2 Å². The van der Waals surface area contributed by atoms with Crippen LogP contribution < -0.4 is 0 Å². The number of pyridine rings is 1. The molecule has 0 atom stereocenters. The van der Waals surface area contributed by atoms with Crippen molar-refractivity contribution >= 4 is 33.5 Å². The first-order chi connectivity index (χ1) is 7.99. The van der Waals surface area contributed by atoms with Gasteiger partial charge in [-0.05, 0) is 22.0 Å². The van der Waals surface area contributed by atoms with Crippen molar-refractivity contribution in [3.05, 3.63) is 27.5 Å². The first kappa shape index (κ1) is 14.3. The number of rotatable bonds is 4. The van der Waals surface area contributed by atoms with Gasteiger partial charge in [0.15, 0.2) is 0 Å². The number of carbonyl (C=O) groups is 1. The predicted molar refractivity (Wildman–Crippen MR) is 62.2 cm³/mol. The lowest BCUT2D eigenvalue weighted by atomic mass is 10.1. The first-order valence-electron chi connectivity index (χ1n) is 4.58. The average Bonchev–Trinajstić information content (AvgIpc) is 2.28. The maximum absolute atomic E-state index is 12.8. The van der Waals surface area contributed by atoms with E-state index in [0.29, 0.717) is 0 Å². The fraction of sp³-hybridized carbons (Fsp3) is 0.400. The molecule has 0 aliphatic carbocycles. The summed E-state index contributed by atoms with van der Waals surface area (Å²) in [5, 5.41) is 0. The largest absolute Gasteiger partial charge is 0.469 e. The molecule has 1 aromatic rings. The molecular formula is C10H9BrClF2NO2. The lowest BCUT2D eigenvalue weighted by Crippen LogP contribution is -2.08. The summed E-state index contributed by atoms with van der Waals surface area (Å²) in [6.45, 7) is 0. The van der Waals surface area contributed by atoms with E-state index in [-0.39, 0.29) is 33.7 Å². The highest BCUT2D eigenvalue weighted by Crippen LogP contribution is 2.29. The Morgan fingerprint density at radius 2 is 2.29 bits per heavy atom. The molecule has 1 rings (SSSR count). The Morgan fingerprint density at radius 3 is 2.76 bits per heavy atom. The molecule has 0 fully saturated rings. The van der Waals surface area contributed by atoms with Crippen LogP contribution >= 0.6 is 27.5 Å². The van der Waals surface area contributed by atoms with Crippen LogP contribution in [0.4, 0.5) is 8.78 Å². The van der Waals surface area contributed by atoms with E-state index in [1.165, 1.54) is 13.2 Å². The van der Waals surface area contributed by atoms with Gasteiger partial charge in [-0.3, -0.25) is 4.79 Å². The zero-order chi connectivity index (χ0) is 13.0. The number of carbonyl (C=O) groups excluding carboxylic acids is 1. The van der Waals surface area contributed by atoms with Crippen molar-refractivity contribution in [2.75, 3.05) is 7.11 Å². The number of hydrogen-bond donors (Lipinski definition) is 0. The van der Waals surface area contributed by atoms with Crippen LogP contribution in [0.1, 0.15) is 23.2 Å². The average molecular weight is 329 g/mol. The molecule has 1 heterocycles. The highest BCUT2D eigenvalue weighted by molar-refractivity contribution is 9.10. The van der Waals surface area contributed by atoms with Gasteiger partial charge in [0.1, 0.15) is 4.60 Å². The van der Waals surface area contributed by atoms with Gasteiger partial charge in [0.05, 0.1) is 25.1 Å². The molecule has 0 spiro atoms. The zero-order valence-corrected chi connectivity index (χ0v) is 11.2. The van der Waals surface area contributed by atoms with Gasteiger partial charge < -0.3 is 4.74 Å². The van der Waals surface area contributed by atoms with E-state index in [2.05, 4.69) is 25.7 Å². The van der Waals surface area contributed by atoms with Gasteiger partial charge in [0.2, 0.25) is 0 Å². The van der Waals surface area contributed by atoms with Crippen molar-refractivity contribution in [3.8, 4) is 0 Å². The van der Waals surface area contributed by atoms with Crippen LogP contribution in [0.3, 0.4) is 0 Å². The third-order valence-corrected chi connectivity index (χ3v) is 3.01. The van der Waals surface area contributed by atoms with E-state index in [0.717, 1.165) is 0 Å². The zero-order valence-electron chi connectivity index (χ0n) is 8.84. The molecule has 0 aliphatic heterocycles. The van der Waals surface area contributed by atoms with Gasteiger partial charge in [-0.15, -0.1) is 11.6 Å². The summed E-state index contributed by atoms with van der Waals surface area (Å²) in [6.07, 6.45) is -2.82. The molecule has 94 valence electrons. The van der Waals surface area contributed by atoms with E-state index in [1.807, 2.05) is 0 Å². The normalized spacial score (nSPS) is 10.7. The van der Waals surface area contributed by atoms with E-state index in [4.69, 9.17) is 11.6 Å². The molecule has 0 amide bonds. The second-order valence-electron chi connectivity index (χ2n) is 3.16. The summed E-state index contributed by atoms with van der Waals surface area (Å²) in [4.78, 5) is 15.0. The van der Waals surface area contributed by atoms with Crippen LogP contribution in [-0.2, 0) is 21.8 Å². The number of methoxy groups -OCH3 is 1. The lowest BCUT2D eigenvalue weighted by molar-refractivity contribution is -0.139. The lowest BCUT2D eigenvalue weighted by Gasteiger charge is -2.10. The quantitative estimate of drug-likeness (QED) is 0.484. The van der Waals surface area contributed by atoms with E-state index >= 15 is 0 Å². The van der Waals surface area contributed by atoms with Gasteiger partial charge >= 0.3 is 5.97 Å². The van der Waals surface area contributed by atoms with Crippen molar-refractivity contribution in [2.24, 2.45) is 0 Å². The maximum atomic E-state index is 12.8. The summed E-state index contributed by atoms with van der Waals surface area (Å²) in [7, 11) is 1.22. The second kappa shape index (κ2) is 6.26. The Kier molecular flexibility index (Phi) is 5.27. The minimum atomic E-state index is -2.67. The third kappa shape index (κ3) is 3.61. The molecular weight excluding hydrogens is 319 g/mol. The van der Waals surface area contributed by atoms with Crippen LogP contribution in [0.5, 0.6) is 0 Å². The summed E-state index contributed by atoms with van der Waals surface area (Å²) in [5.41, 5.74) is 0.226. The van der Waals surface area contributed by atoms with Crippen molar-refractivity contribution in [1.29, 1.82) is 0 Å². The molecule has 0 unspecified atom stereocenters. The highest BCUT2D eigenvalue weighted by Gasteiger charge is 2.18. The second-order valence-corrected chi connectivity index (χ2v) is 4.18. The van der Waals surface area contributed by atoms with Crippen LogP contribution in [0.15, 0.2) is 10.7 Å². The number of nitrogens with zero attached hydrogens (tertiary/aromatic N) is 1. The summed E-state index contributed by atoms with van der Waals surface area (Å²) < 4.78 is 30.2. The van der Waals surface area contributed by atoms with Gasteiger partial charge in [-0.2, -0.15) is 0 Å². The van der Waals surface area contributed by atoms with E-state index in [1.54, 1.807) is 0 Å². The van der Waals surface area contributed by atoms with Gasteiger partial charge in [0.25, 0.3) is 6.43 Å². The summed E-state index contributed by atoms with van der Waals surface area (Å²) in [5.74, 6) is -0.616. The van der Waals surface area contributed by atoms with Crippen molar-refractivity contribution < 1.29 is 18.3 Å². The number of halogens is 4. The Morgan fingerprint density at radius 1 is 1.65 bits per heavy atom. The van der Waals surface area contributed by atoms with Crippen molar-refractivity contribution in [3.63, 3.8) is 0 Å². The smallest absolute Gasteiger partial charge is 0.311 e. The van der Waals surface area contributed by atoms with Crippen LogP contribution in [-0.4, -0.2) is 18.1 Å². The van der Waals surface area contributed by atoms with Crippen LogP contribution in [0.25, 0.3) is 0 Å². The van der Waals surface area contributed by atoms with Gasteiger partial charge in [0, 0.05) is 11.1 Å². The first-order valence-corrected chi connectivity index (χ1v) is 5.91. The molecule has 7 heteroatoms. The van der Waals surface area contributed by atoms with Gasteiger partial charge in [-0.25, -0.2) is 13.8 Å². The standard InChI is InChI=1S/C10H9BrClF2NO2/c1-17-8(16)3-5-2-6(10(13)14)7(4-12)9(11)15-5/h2,10H,3-4H2,1H3. The minimum absolute atomic E-state index is 0.0776. The Bertz CT molecular complexity index is 429. The third-order valence-electron chi connectivity index (χ3n) is 2.08. The Labute approximate surface area is 110 Å². The number of esters is 1. The Hall–Kier alpha value is -0.750. The SMILES string of the molecule is COC(=O)Cc1cc(C(F)F)c(CCl)c(Br)n1. The Balaban J connectivity index is 3.15. The van der Waals surface area contributed by atoms with Gasteiger partial charge in [-0.1, -0.05) is 0 Å². The fourth-order valence-electron chi connectivity index (χ4n) is 1.25. The maximum Gasteiger partial charge on any atom is 0.311 e. The number of hydrogen-bond acceptors (Lipinski definition) is 3. The number of alkyl halides is 3. The van der Waals surface area contributed by atoms with E-state index in [9.17, 15) is 13.6 Å². The molecule has 0 radical (unpaired) electrons. The van der Waals surface area contributed by atoms with Crippen molar-refractivity contribution in [2.45, 2.75) is 18.7 Å². The van der Waals surface area contributed by atoms with Crippen LogP contribution in [0, 0.1) is 0 Å². The molecule has 0 saturated carbocycles. The minimum Gasteiger partial charge on any atom is -0.469 e. The number of aromatic nitrogens is 1. The monoisotopic (exact) mass is 327 g/mol. The summed E-state index contributed by atoms with van der Waals surface area (Å²) >= 11 is 8.63. The number of ether oxygens (including phenoxy) is 1. The highest BCUT2D eigenvalue weighted by atomic mass is 79.9.